The number of anilines is 1. The van der Waals surface area contributed by atoms with E-state index in [4.69, 9.17) is 11.1 Å². The highest BCUT2D eigenvalue weighted by atomic mass is 19.1. The van der Waals surface area contributed by atoms with Gasteiger partial charge in [-0.15, -0.1) is 0 Å². The average Bonchev–Trinajstić information content (AvgIpc) is 2.63. The first kappa shape index (κ1) is 13.8. The standard InChI is InChI=1S/C14H20FN3O/c15-12-8-10(14(16)17)5-6-13(12)18-7-3-1-2-4-11(18)9-19/h5-6,8,11,19H,1-4,7,9H2,(H3,16,17). The van der Waals surface area contributed by atoms with Crippen LogP contribution in [0.15, 0.2) is 18.2 Å². The highest BCUT2D eigenvalue weighted by molar-refractivity contribution is 5.95. The summed E-state index contributed by atoms with van der Waals surface area (Å²) in [5, 5.41) is 16.8. The zero-order chi connectivity index (χ0) is 13.8. The van der Waals surface area contributed by atoms with Crippen LogP contribution in [-0.2, 0) is 0 Å². The maximum absolute atomic E-state index is 14.2. The molecule has 1 saturated heterocycles. The smallest absolute Gasteiger partial charge is 0.147 e. The Morgan fingerprint density at radius 3 is 2.84 bits per heavy atom. The summed E-state index contributed by atoms with van der Waals surface area (Å²) in [5.74, 6) is -0.520. The quantitative estimate of drug-likeness (QED) is 0.577. The minimum atomic E-state index is -0.381. The third kappa shape index (κ3) is 3.04. The van der Waals surface area contributed by atoms with E-state index < -0.39 is 0 Å². The monoisotopic (exact) mass is 265 g/mol. The topological polar surface area (TPSA) is 73.3 Å². The number of nitrogens with one attached hydrogen (secondary N) is 1. The van der Waals surface area contributed by atoms with Crippen LogP contribution in [0.5, 0.6) is 0 Å². The van der Waals surface area contributed by atoms with Crippen molar-refractivity contribution in [3.8, 4) is 0 Å². The van der Waals surface area contributed by atoms with Gasteiger partial charge in [-0.2, -0.15) is 0 Å². The molecule has 0 spiro atoms. The van der Waals surface area contributed by atoms with Crippen molar-refractivity contribution in [3.05, 3.63) is 29.6 Å². The van der Waals surface area contributed by atoms with E-state index in [9.17, 15) is 9.50 Å². The molecule has 0 aliphatic carbocycles. The van der Waals surface area contributed by atoms with E-state index in [-0.39, 0.29) is 24.3 Å². The second-order valence-electron chi connectivity index (χ2n) is 4.96. The fraction of sp³-hybridized carbons (Fsp3) is 0.500. The highest BCUT2D eigenvalue weighted by Crippen LogP contribution is 2.27. The van der Waals surface area contributed by atoms with Crippen molar-refractivity contribution in [2.45, 2.75) is 31.7 Å². The second kappa shape index (κ2) is 6.02. The number of aliphatic hydroxyl groups excluding tert-OH is 1. The van der Waals surface area contributed by atoms with Crippen molar-refractivity contribution >= 4 is 11.5 Å². The lowest BCUT2D eigenvalue weighted by atomic mass is 10.1. The normalized spacial score (nSPS) is 20.1. The van der Waals surface area contributed by atoms with E-state index in [2.05, 4.69) is 0 Å². The summed E-state index contributed by atoms with van der Waals surface area (Å²) in [6, 6.07) is 4.57. The van der Waals surface area contributed by atoms with Gasteiger partial charge in [0.2, 0.25) is 0 Å². The second-order valence-corrected chi connectivity index (χ2v) is 4.96. The molecule has 1 aliphatic rings. The van der Waals surface area contributed by atoms with Crippen LogP contribution in [0.4, 0.5) is 10.1 Å². The zero-order valence-electron chi connectivity index (χ0n) is 10.9. The lowest BCUT2D eigenvalue weighted by Crippen LogP contribution is -2.38. The minimum Gasteiger partial charge on any atom is -0.394 e. The maximum Gasteiger partial charge on any atom is 0.147 e. The largest absolute Gasteiger partial charge is 0.394 e. The number of rotatable bonds is 3. The molecule has 2 rings (SSSR count). The Morgan fingerprint density at radius 2 is 2.21 bits per heavy atom. The number of nitrogen functional groups attached to an aromatic ring is 1. The number of amidine groups is 1. The molecular weight excluding hydrogens is 245 g/mol. The van der Waals surface area contributed by atoms with E-state index in [1.54, 1.807) is 12.1 Å². The summed E-state index contributed by atoms with van der Waals surface area (Å²) in [7, 11) is 0. The fourth-order valence-corrected chi connectivity index (χ4v) is 2.59. The van der Waals surface area contributed by atoms with Crippen LogP contribution in [0, 0.1) is 11.2 Å². The third-order valence-corrected chi connectivity index (χ3v) is 3.66. The minimum absolute atomic E-state index is 0.0276. The van der Waals surface area contributed by atoms with Gasteiger partial charge in [-0.3, -0.25) is 5.41 Å². The number of nitrogens with two attached hydrogens (primary N) is 1. The van der Waals surface area contributed by atoms with E-state index in [1.165, 1.54) is 6.07 Å². The SMILES string of the molecule is N=C(N)c1ccc(N2CCCCCC2CO)c(F)c1. The van der Waals surface area contributed by atoms with E-state index in [1.807, 2.05) is 4.90 Å². The number of halogens is 1. The first-order chi connectivity index (χ1) is 9.13. The molecule has 5 heteroatoms. The first-order valence-electron chi connectivity index (χ1n) is 6.65. The molecule has 1 aromatic rings. The van der Waals surface area contributed by atoms with Crippen molar-refractivity contribution in [3.63, 3.8) is 0 Å². The molecule has 0 saturated carbocycles. The van der Waals surface area contributed by atoms with Crippen LogP contribution >= 0.6 is 0 Å². The molecule has 1 fully saturated rings. The first-order valence-corrected chi connectivity index (χ1v) is 6.65. The summed E-state index contributed by atoms with van der Waals surface area (Å²) in [5.41, 5.74) is 6.23. The predicted molar refractivity (Wildman–Crippen MR) is 74.1 cm³/mol. The lowest BCUT2D eigenvalue weighted by molar-refractivity contribution is 0.254. The number of hydrogen-bond acceptors (Lipinski definition) is 3. The number of hydrogen-bond donors (Lipinski definition) is 3. The van der Waals surface area contributed by atoms with Gasteiger partial charge in [0, 0.05) is 12.1 Å². The zero-order valence-corrected chi connectivity index (χ0v) is 10.9. The summed E-state index contributed by atoms with van der Waals surface area (Å²) in [6.45, 7) is 0.787. The van der Waals surface area contributed by atoms with Crippen LogP contribution in [-0.4, -0.2) is 30.1 Å². The molecule has 4 nitrogen and oxygen atoms in total. The van der Waals surface area contributed by atoms with E-state index in [0.717, 1.165) is 32.2 Å². The van der Waals surface area contributed by atoms with Crippen LogP contribution in [0.2, 0.25) is 0 Å². The molecule has 19 heavy (non-hydrogen) atoms. The van der Waals surface area contributed by atoms with Crippen molar-refractivity contribution < 1.29 is 9.50 Å². The van der Waals surface area contributed by atoms with Crippen LogP contribution in [0.3, 0.4) is 0 Å². The summed E-state index contributed by atoms with van der Waals surface area (Å²) < 4.78 is 14.2. The lowest BCUT2D eigenvalue weighted by Gasteiger charge is -2.31. The molecule has 1 heterocycles. The Hall–Kier alpha value is -1.62. The maximum atomic E-state index is 14.2. The van der Waals surface area contributed by atoms with Crippen molar-refractivity contribution in [2.24, 2.45) is 5.73 Å². The van der Waals surface area contributed by atoms with Crippen molar-refractivity contribution in [1.82, 2.24) is 0 Å². The summed E-state index contributed by atoms with van der Waals surface area (Å²) in [4.78, 5) is 1.94. The van der Waals surface area contributed by atoms with Gasteiger partial charge in [-0.05, 0) is 31.0 Å². The molecule has 4 N–H and O–H groups in total. The van der Waals surface area contributed by atoms with E-state index >= 15 is 0 Å². The molecule has 1 unspecified atom stereocenters. The van der Waals surface area contributed by atoms with Gasteiger partial charge in [-0.25, -0.2) is 4.39 Å². The summed E-state index contributed by atoms with van der Waals surface area (Å²) >= 11 is 0. The van der Waals surface area contributed by atoms with Crippen molar-refractivity contribution in [2.75, 3.05) is 18.1 Å². The van der Waals surface area contributed by atoms with Crippen molar-refractivity contribution in [1.29, 1.82) is 5.41 Å². The van der Waals surface area contributed by atoms with Gasteiger partial charge in [0.25, 0.3) is 0 Å². The molecule has 1 aromatic carbocycles. The van der Waals surface area contributed by atoms with Crippen LogP contribution in [0.1, 0.15) is 31.2 Å². The number of benzene rings is 1. The van der Waals surface area contributed by atoms with Crippen LogP contribution in [0.25, 0.3) is 0 Å². The molecule has 0 amide bonds. The Labute approximate surface area is 112 Å². The molecule has 1 aliphatic heterocycles. The Bertz CT molecular complexity index is 464. The fourth-order valence-electron chi connectivity index (χ4n) is 2.59. The van der Waals surface area contributed by atoms with Gasteiger partial charge in [0.05, 0.1) is 18.3 Å². The average molecular weight is 265 g/mol. The van der Waals surface area contributed by atoms with Gasteiger partial charge >= 0.3 is 0 Å². The molecule has 104 valence electrons. The highest BCUT2D eigenvalue weighted by Gasteiger charge is 2.23. The third-order valence-electron chi connectivity index (χ3n) is 3.66. The van der Waals surface area contributed by atoms with Crippen LogP contribution < -0.4 is 10.6 Å². The van der Waals surface area contributed by atoms with Gasteiger partial charge in [-0.1, -0.05) is 12.8 Å². The molecule has 0 bridgehead atoms. The molecule has 0 aromatic heterocycles. The van der Waals surface area contributed by atoms with Gasteiger partial charge in [0.15, 0.2) is 0 Å². The Balaban J connectivity index is 2.30. The summed E-state index contributed by atoms with van der Waals surface area (Å²) in [6.07, 6.45) is 4.06. The Morgan fingerprint density at radius 1 is 1.42 bits per heavy atom. The number of nitrogens with zero attached hydrogens (tertiary/aromatic N) is 1. The predicted octanol–water partition coefficient (Wildman–Crippen LogP) is 1.85. The Kier molecular flexibility index (Phi) is 4.37. The van der Waals surface area contributed by atoms with Gasteiger partial charge in [0.1, 0.15) is 11.7 Å². The molecular formula is C14H20FN3O. The number of aliphatic hydroxyl groups is 1. The van der Waals surface area contributed by atoms with Gasteiger partial charge < -0.3 is 15.7 Å². The molecule has 1 atom stereocenters. The van der Waals surface area contributed by atoms with E-state index in [0.29, 0.717) is 11.3 Å². The molecule has 0 radical (unpaired) electrons.